The minimum atomic E-state index is -0.548. The zero-order valence-electron chi connectivity index (χ0n) is 12.0. The number of imide groups is 1. The van der Waals surface area contributed by atoms with Crippen molar-refractivity contribution in [1.82, 2.24) is 4.90 Å². The number of rotatable bonds is 5. The number of hydrogen-bond acceptors (Lipinski definition) is 3. The van der Waals surface area contributed by atoms with Gasteiger partial charge in [0.1, 0.15) is 6.04 Å². The molecule has 2 amide bonds. The monoisotopic (exact) mass is 328 g/mol. The molecule has 0 aromatic heterocycles. The molecule has 1 saturated heterocycles. The fraction of sp³-hybridized carbons (Fsp3) is 0.467. The number of halogens is 2. The zero-order valence-corrected chi connectivity index (χ0v) is 13.5. The van der Waals surface area contributed by atoms with Gasteiger partial charge in [-0.2, -0.15) is 0 Å². The van der Waals surface area contributed by atoms with Crippen molar-refractivity contribution < 1.29 is 9.59 Å². The molecule has 1 unspecified atom stereocenters. The van der Waals surface area contributed by atoms with Crippen LogP contribution in [0, 0.1) is 0 Å². The predicted octanol–water partition coefficient (Wildman–Crippen LogP) is 3.72. The molecule has 0 saturated carbocycles. The third kappa shape index (κ3) is 3.50. The van der Waals surface area contributed by atoms with Gasteiger partial charge in [-0.3, -0.25) is 14.5 Å². The van der Waals surface area contributed by atoms with E-state index < -0.39 is 6.04 Å². The highest BCUT2D eigenvalue weighted by Crippen LogP contribution is 2.26. The number of carbonyl (C=O) groups excluding carboxylic acids is 2. The molecule has 1 aliphatic heterocycles. The lowest BCUT2D eigenvalue weighted by molar-refractivity contribution is -0.141. The predicted molar refractivity (Wildman–Crippen MR) is 84.7 cm³/mol. The number of nitrogens with zero attached hydrogens (tertiary/aromatic N) is 1. The van der Waals surface area contributed by atoms with Crippen LogP contribution < -0.4 is 5.32 Å². The summed E-state index contributed by atoms with van der Waals surface area (Å²) >= 11 is 11.9. The maximum absolute atomic E-state index is 12.4. The lowest BCUT2D eigenvalue weighted by atomic mass is 10.1. The molecule has 1 aromatic carbocycles. The van der Waals surface area contributed by atoms with E-state index in [-0.39, 0.29) is 24.3 Å². The van der Waals surface area contributed by atoms with Gasteiger partial charge in [-0.05, 0) is 31.0 Å². The highest BCUT2D eigenvalue weighted by atomic mass is 35.5. The highest BCUT2D eigenvalue weighted by molar-refractivity contribution is 6.35. The Morgan fingerprint density at radius 1 is 1.19 bits per heavy atom. The smallest absolute Gasteiger partial charge is 0.252 e. The van der Waals surface area contributed by atoms with Crippen molar-refractivity contribution >= 4 is 40.7 Å². The van der Waals surface area contributed by atoms with E-state index in [2.05, 4.69) is 5.32 Å². The van der Waals surface area contributed by atoms with Crippen LogP contribution in [-0.2, 0) is 9.59 Å². The summed E-state index contributed by atoms with van der Waals surface area (Å²) in [6, 6.07) is 4.41. The molecule has 0 radical (unpaired) electrons. The fourth-order valence-electron chi connectivity index (χ4n) is 2.64. The van der Waals surface area contributed by atoms with Crippen molar-refractivity contribution in [3.8, 4) is 0 Å². The van der Waals surface area contributed by atoms with Crippen molar-refractivity contribution in [2.45, 2.75) is 45.2 Å². The van der Waals surface area contributed by atoms with Gasteiger partial charge in [0.25, 0.3) is 5.91 Å². The Kier molecular flexibility index (Phi) is 5.12. The second kappa shape index (κ2) is 6.67. The third-order valence-electron chi connectivity index (χ3n) is 3.69. The Morgan fingerprint density at radius 3 is 2.29 bits per heavy atom. The quantitative estimate of drug-likeness (QED) is 0.838. The summed E-state index contributed by atoms with van der Waals surface area (Å²) in [6.07, 6.45) is 1.70. The molecule has 1 fully saturated rings. The summed E-state index contributed by atoms with van der Waals surface area (Å²) in [5.74, 6) is -0.302. The first kappa shape index (κ1) is 16.1. The molecule has 0 bridgehead atoms. The van der Waals surface area contributed by atoms with Crippen LogP contribution in [0.1, 0.15) is 33.1 Å². The van der Waals surface area contributed by atoms with Crippen LogP contribution in [0.2, 0.25) is 10.0 Å². The first-order valence-electron chi connectivity index (χ1n) is 7.04. The van der Waals surface area contributed by atoms with Gasteiger partial charge in [-0.1, -0.05) is 37.0 Å². The molecule has 1 aliphatic rings. The van der Waals surface area contributed by atoms with Crippen LogP contribution in [0.4, 0.5) is 5.69 Å². The molecule has 21 heavy (non-hydrogen) atoms. The van der Waals surface area contributed by atoms with Crippen LogP contribution in [0.25, 0.3) is 0 Å². The van der Waals surface area contributed by atoms with Crippen LogP contribution >= 0.6 is 23.2 Å². The van der Waals surface area contributed by atoms with E-state index in [1.54, 1.807) is 18.2 Å². The summed E-state index contributed by atoms with van der Waals surface area (Å²) in [7, 11) is 0. The minimum Gasteiger partial charge on any atom is -0.373 e. The average molecular weight is 329 g/mol. The second-order valence-corrected chi connectivity index (χ2v) is 6.00. The number of nitrogens with one attached hydrogen (secondary N) is 1. The Bertz CT molecular complexity index is 538. The van der Waals surface area contributed by atoms with Gasteiger partial charge in [0, 0.05) is 21.8 Å². The largest absolute Gasteiger partial charge is 0.373 e. The Morgan fingerprint density at radius 2 is 1.76 bits per heavy atom. The summed E-state index contributed by atoms with van der Waals surface area (Å²) in [5, 5.41) is 4.02. The topological polar surface area (TPSA) is 49.4 Å². The third-order valence-corrected chi connectivity index (χ3v) is 4.13. The number of hydrogen-bond donors (Lipinski definition) is 1. The van der Waals surface area contributed by atoms with Crippen molar-refractivity contribution in [3.05, 3.63) is 28.2 Å². The Balaban J connectivity index is 2.15. The molecule has 4 nitrogen and oxygen atoms in total. The minimum absolute atomic E-state index is 0.0280. The van der Waals surface area contributed by atoms with Gasteiger partial charge in [-0.25, -0.2) is 0 Å². The van der Waals surface area contributed by atoms with E-state index in [4.69, 9.17) is 23.2 Å². The second-order valence-electron chi connectivity index (χ2n) is 5.13. The number of carbonyl (C=O) groups is 2. The van der Waals surface area contributed by atoms with Crippen LogP contribution in [0.5, 0.6) is 0 Å². The van der Waals surface area contributed by atoms with Crippen molar-refractivity contribution in [1.29, 1.82) is 0 Å². The first-order valence-corrected chi connectivity index (χ1v) is 7.80. The van der Waals surface area contributed by atoms with E-state index in [1.807, 2.05) is 13.8 Å². The van der Waals surface area contributed by atoms with Gasteiger partial charge >= 0.3 is 0 Å². The van der Waals surface area contributed by atoms with Gasteiger partial charge in [0.15, 0.2) is 0 Å². The van der Waals surface area contributed by atoms with Gasteiger partial charge in [-0.15, -0.1) is 0 Å². The Labute approximate surface area is 134 Å². The number of benzene rings is 1. The average Bonchev–Trinajstić information content (AvgIpc) is 2.67. The maximum atomic E-state index is 12.4. The zero-order chi connectivity index (χ0) is 15.6. The number of amides is 2. The van der Waals surface area contributed by atoms with Crippen LogP contribution in [0.15, 0.2) is 18.2 Å². The first-order chi connectivity index (χ1) is 9.96. The molecule has 1 aromatic rings. The molecule has 1 heterocycles. The molecule has 1 N–H and O–H groups in total. The van der Waals surface area contributed by atoms with Gasteiger partial charge in [0.2, 0.25) is 5.91 Å². The fourth-order valence-corrected chi connectivity index (χ4v) is 3.17. The van der Waals surface area contributed by atoms with Gasteiger partial charge < -0.3 is 5.32 Å². The normalized spacial score (nSPS) is 18.7. The number of likely N-dealkylation sites (tertiary alicyclic amines) is 1. The Hall–Kier alpha value is -1.26. The van der Waals surface area contributed by atoms with E-state index >= 15 is 0 Å². The SMILES string of the molecule is CCC(CC)N1C(=O)CC(Nc2cc(Cl)cc(Cl)c2)C1=O. The van der Waals surface area contributed by atoms with Crippen molar-refractivity contribution in [2.24, 2.45) is 0 Å². The lowest BCUT2D eigenvalue weighted by Gasteiger charge is -2.24. The molecule has 1 atom stereocenters. The molecular formula is C15H18Cl2N2O2. The van der Waals surface area contributed by atoms with Crippen LogP contribution in [0.3, 0.4) is 0 Å². The molecule has 0 spiro atoms. The molecule has 6 heteroatoms. The molecule has 0 aliphatic carbocycles. The number of anilines is 1. The lowest BCUT2D eigenvalue weighted by Crippen LogP contribution is -2.41. The van der Waals surface area contributed by atoms with Gasteiger partial charge in [0.05, 0.1) is 6.42 Å². The molecule has 2 rings (SSSR count). The van der Waals surface area contributed by atoms with E-state index in [0.29, 0.717) is 15.7 Å². The molecule has 114 valence electrons. The maximum Gasteiger partial charge on any atom is 0.252 e. The summed E-state index contributed by atoms with van der Waals surface area (Å²) in [5.41, 5.74) is 0.644. The summed E-state index contributed by atoms with van der Waals surface area (Å²) in [4.78, 5) is 25.9. The highest BCUT2D eigenvalue weighted by Gasteiger charge is 2.41. The van der Waals surface area contributed by atoms with E-state index in [0.717, 1.165) is 12.8 Å². The van der Waals surface area contributed by atoms with Crippen LogP contribution in [-0.4, -0.2) is 28.8 Å². The standard InChI is InChI=1S/C15H18Cl2N2O2/c1-3-12(4-2)19-14(20)8-13(15(19)21)18-11-6-9(16)5-10(17)7-11/h5-7,12-13,18H,3-4,8H2,1-2H3. The van der Waals surface area contributed by atoms with E-state index in [1.165, 1.54) is 4.90 Å². The van der Waals surface area contributed by atoms with Crippen molar-refractivity contribution in [3.63, 3.8) is 0 Å². The van der Waals surface area contributed by atoms with E-state index in [9.17, 15) is 9.59 Å². The molecular weight excluding hydrogens is 311 g/mol. The summed E-state index contributed by atoms with van der Waals surface area (Å²) in [6.45, 7) is 3.96. The summed E-state index contributed by atoms with van der Waals surface area (Å²) < 4.78 is 0. The van der Waals surface area contributed by atoms with Crippen molar-refractivity contribution in [2.75, 3.05) is 5.32 Å².